The van der Waals surface area contributed by atoms with Crippen LogP contribution in [0.2, 0.25) is 0 Å². The van der Waals surface area contributed by atoms with Crippen molar-refractivity contribution in [1.29, 1.82) is 0 Å². The molecule has 0 aliphatic carbocycles. The Labute approximate surface area is 147 Å². The van der Waals surface area contributed by atoms with E-state index in [9.17, 15) is 14.0 Å². The molecular weight excluding hydrogens is 341 g/mol. The molecule has 2 amide bonds. The van der Waals surface area contributed by atoms with Crippen LogP contribution < -0.4 is 10.6 Å². The Morgan fingerprint density at radius 3 is 2.48 bits per heavy atom. The van der Waals surface area contributed by atoms with Gasteiger partial charge in [0.1, 0.15) is 16.5 Å². The van der Waals surface area contributed by atoms with E-state index in [1.54, 1.807) is 41.8 Å². The van der Waals surface area contributed by atoms with Crippen LogP contribution in [0.1, 0.15) is 20.8 Å². The van der Waals surface area contributed by atoms with E-state index >= 15 is 0 Å². The van der Waals surface area contributed by atoms with Gasteiger partial charge in [-0.2, -0.15) is 0 Å². The Morgan fingerprint density at radius 2 is 1.76 bits per heavy atom. The highest BCUT2D eigenvalue weighted by molar-refractivity contribution is 7.13. The summed E-state index contributed by atoms with van der Waals surface area (Å²) in [5.41, 5.74) is 1.74. The molecule has 25 heavy (non-hydrogen) atoms. The maximum atomic E-state index is 13.0. The number of aromatic nitrogens is 1. The summed E-state index contributed by atoms with van der Waals surface area (Å²) in [4.78, 5) is 28.6. The third kappa shape index (κ3) is 3.72. The van der Waals surface area contributed by atoms with Gasteiger partial charge in [0.05, 0.1) is 11.3 Å². The molecule has 0 unspecified atom stereocenters. The van der Waals surface area contributed by atoms with E-state index in [1.165, 1.54) is 30.5 Å². The standard InChI is InChI=1S/C18H14FN3O2S/c1-20-16(23)13-4-2-3-5-14(13)21-17(24)15-10-25-18(22-15)11-6-8-12(19)9-7-11/h2-10H,1H3,(H,20,23)(H,21,24). The highest BCUT2D eigenvalue weighted by atomic mass is 32.1. The second-order valence-electron chi connectivity index (χ2n) is 5.12. The number of thiazole rings is 1. The summed E-state index contributed by atoms with van der Waals surface area (Å²) >= 11 is 1.29. The predicted molar refractivity (Wildman–Crippen MR) is 95.3 cm³/mol. The molecule has 0 fully saturated rings. The summed E-state index contributed by atoms with van der Waals surface area (Å²) in [6.07, 6.45) is 0. The highest BCUT2D eigenvalue weighted by Gasteiger charge is 2.15. The Balaban J connectivity index is 1.81. The van der Waals surface area contributed by atoms with E-state index in [1.807, 2.05) is 0 Å². The number of carbonyl (C=O) groups excluding carboxylic acids is 2. The van der Waals surface area contributed by atoms with Gasteiger partial charge in [0.2, 0.25) is 0 Å². The fourth-order valence-corrected chi connectivity index (χ4v) is 3.02. The van der Waals surface area contributed by atoms with E-state index in [0.717, 1.165) is 5.56 Å². The van der Waals surface area contributed by atoms with Crippen LogP contribution in [0.3, 0.4) is 0 Å². The average molecular weight is 355 g/mol. The first-order valence-electron chi connectivity index (χ1n) is 7.42. The lowest BCUT2D eigenvalue weighted by atomic mass is 10.1. The predicted octanol–water partition coefficient (Wildman–Crippen LogP) is 3.56. The molecule has 1 aromatic heterocycles. The number of carbonyl (C=O) groups is 2. The van der Waals surface area contributed by atoms with Gasteiger partial charge in [-0.3, -0.25) is 9.59 Å². The highest BCUT2D eigenvalue weighted by Crippen LogP contribution is 2.24. The average Bonchev–Trinajstić information content (AvgIpc) is 3.12. The minimum Gasteiger partial charge on any atom is -0.355 e. The number of amides is 2. The number of nitrogens with zero attached hydrogens (tertiary/aromatic N) is 1. The molecule has 7 heteroatoms. The van der Waals surface area contributed by atoms with Crippen molar-refractivity contribution in [3.63, 3.8) is 0 Å². The van der Waals surface area contributed by atoms with E-state index < -0.39 is 5.91 Å². The SMILES string of the molecule is CNC(=O)c1ccccc1NC(=O)c1csc(-c2ccc(F)cc2)n1. The second kappa shape index (κ2) is 7.23. The van der Waals surface area contributed by atoms with Crippen LogP contribution in [-0.4, -0.2) is 23.8 Å². The lowest BCUT2D eigenvalue weighted by molar-refractivity contribution is 0.0964. The molecule has 3 aromatic rings. The number of rotatable bonds is 4. The van der Waals surface area contributed by atoms with Crippen LogP contribution in [-0.2, 0) is 0 Å². The Bertz CT molecular complexity index is 922. The lowest BCUT2D eigenvalue weighted by Crippen LogP contribution is -2.21. The van der Waals surface area contributed by atoms with E-state index in [0.29, 0.717) is 16.3 Å². The van der Waals surface area contributed by atoms with Crippen molar-refractivity contribution < 1.29 is 14.0 Å². The van der Waals surface area contributed by atoms with Crippen LogP contribution in [0, 0.1) is 5.82 Å². The lowest BCUT2D eigenvalue weighted by Gasteiger charge is -2.08. The van der Waals surface area contributed by atoms with Gasteiger partial charge in [-0.1, -0.05) is 12.1 Å². The monoisotopic (exact) mass is 355 g/mol. The van der Waals surface area contributed by atoms with Gasteiger partial charge >= 0.3 is 0 Å². The zero-order valence-corrected chi connectivity index (χ0v) is 14.1. The molecule has 1 heterocycles. The van der Waals surface area contributed by atoms with Crippen molar-refractivity contribution >= 4 is 28.8 Å². The smallest absolute Gasteiger partial charge is 0.275 e. The number of hydrogen-bond acceptors (Lipinski definition) is 4. The molecule has 5 nitrogen and oxygen atoms in total. The Morgan fingerprint density at radius 1 is 1.04 bits per heavy atom. The van der Waals surface area contributed by atoms with Crippen LogP contribution >= 0.6 is 11.3 Å². The first kappa shape index (κ1) is 16.8. The summed E-state index contributed by atoms with van der Waals surface area (Å²) in [7, 11) is 1.52. The number of para-hydroxylation sites is 1. The second-order valence-corrected chi connectivity index (χ2v) is 5.98. The molecule has 2 aromatic carbocycles. The van der Waals surface area contributed by atoms with Crippen molar-refractivity contribution in [2.45, 2.75) is 0 Å². The van der Waals surface area contributed by atoms with Crippen LogP contribution in [0.4, 0.5) is 10.1 Å². The van der Waals surface area contributed by atoms with Gasteiger partial charge in [0.15, 0.2) is 0 Å². The number of halogens is 1. The maximum Gasteiger partial charge on any atom is 0.275 e. The van der Waals surface area contributed by atoms with Crippen molar-refractivity contribution in [1.82, 2.24) is 10.3 Å². The first-order chi connectivity index (χ1) is 12.1. The molecule has 0 spiro atoms. The number of benzene rings is 2. The number of hydrogen-bond donors (Lipinski definition) is 2. The van der Waals surface area contributed by atoms with Crippen LogP contribution in [0.15, 0.2) is 53.9 Å². The minimum atomic E-state index is -0.416. The molecule has 3 rings (SSSR count). The fraction of sp³-hybridized carbons (Fsp3) is 0.0556. The third-order valence-corrected chi connectivity index (χ3v) is 4.37. The van der Waals surface area contributed by atoms with Gasteiger partial charge in [-0.15, -0.1) is 11.3 Å². The van der Waals surface area contributed by atoms with Gasteiger partial charge in [-0.25, -0.2) is 9.37 Å². The molecule has 0 radical (unpaired) electrons. The van der Waals surface area contributed by atoms with E-state index in [-0.39, 0.29) is 17.4 Å². The van der Waals surface area contributed by atoms with Crippen molar-refractivity contribution in [2.24, 2.45) is 0 Å². The minimum absolute atomic E-state index is 0.232. The molecule has 0 bridgehead atoms. The molecule has 0 saturated carbocycles. The van der Waals surface area contributed by atoms with Gasteiger partial charge in [0.25, 0.3) is 11.8 Å². The summed E-state index contributed by atoms with van der Waals surface area (Å²) in [6, 6.07) is 12.6. The summed E-state index contributed by atoms with van der Waals surface area (Å²) in [5, 5.41) is 7.47. The number of anilines is 1. The largest absolute Gasteiger partial charge is 0.355 e. The molecule has 0 atom stereocenters. The molecule has 0 aliphatic heterocycles. The van der Waals surface area contributed by atoms with Crippen molar-refractivity contribution in [3.8, 4) is 10.6 Å². The topological polar surface area (TPSA) is 71.1 Å². The maximum absolute atomic E-state index is 13.0. The van der Waals surface area contributed by atoms with E-state index in [4.69, 9.17) is 0 Å². The zero-order valence-electron chi connectivity index (χ0n) is 13.2. The summed E-state index contributed by atoms with van der Waals surface area (Å²) in [5.74, 6) is -1.04. The molecule has 0 aliphatic rings. The Kier molecular flexibility index (Phi) is 4.85. The van der Waals surface area contributed by atoms with Crippen LogP contribution in [0.25, 0.3) is 10.6 Å². The van der Waals surface area contributed by atoms with Crippen molar-refractivity contribution in [3.05, 3.63) is 71.0 Å². The van der Waals surface area contributed by atoms with Gasteiger partial charge < -0.3 is 10.6 Å². The first-order valence-corrected chi connectivity index (χ1v) is 8.30. The molecule has 0 saturated heterocycles. The fourth-order valence-electron chi connectivity index (χ4n) is 2.21. The summed E-state index contributed by atoms with van der Waals surface area (Å²) in [6.45, 7) is 0. The quantitative estimate of drug-likeness (QED) is 0.752. The summed E-state index contributed by atoms with van der Waals surface area (Å²) < 4.78 is 13.0. The van der Waals surface area contributed by atoms with E-state index in [2.05, 4.69) is 15.6 Å². The van der Waals surface area contributed by atoms with Gasteiger partial charge in [-0.05, 0) is 36.4 Å². The normalized spacial score (nSPS) is 10.3. The molecule has 126 valence electrons. The molecule has 2 N–H and O–H groups in total. The zero-order chi connectivity index (χ0) is 17.8. The number of nitrogens with one attached hydrogen (secondary N) is 2. The van der Waals surface area contributed by atoms with Crippen LogP contribution in [0.5, 0.6) is 0 Å². The third-order valence-electron chi connectivity index (χ3n) is 3.47. The van der Waals surface area contributed by atoms with Gasteiger partial charge in [0, 0.05) is 18.0 Å². The molecular formula is C18H14FN3O2S. The van der Waals surface area contributed by atoms with Crippen molar-refractivity contribution in [2.75, 3.05) is 12.4 Å². The Hall–Kier alpha value is -3.06.